The van der Waals surface area contributed by atoms with Gasteiger partial charge in [-0.05, 0) is 52.0 Å². The molecule has 0 fully saturated rings. The van der Waals surface area contributed by atoms with E-state index >= 15 is 0 Å². The first-order chi connectivity index (χ1) is 9.65. The molecule has 5 heteroatoms. The van der Waals surface area contributed by atoms with Gasteiger partial charge in [0.25, 0.3) is 5.91 Å². The van der Waals surface area contributed by atoms with Crippen LogP contribution in [0, 0.1) is 0 Å². The van der Waals surface area contributed by atoms with Crippen LogP contribution in [0.1, 0.15) is 34.6 Å². The SMILES string of the molecule is CCC(NC(=O)c1ccc(OC)c(Br)c1)c1cccs1. The first-order valence-corrected chi connectivity index (χ1v) is 8.00. The molecule has 2 rings (SSSR count). The summed E-state index contributed by atoms with van der Waals surface area (Å²) in [6, 6.07) is 9.42. The molecule has 0 aliphatic heterocycles. The van der Waals surface area contributed by atoms with E-state index in [0.29, 0.717) is 11.3 Å². The van der Waals surface area contributed by atoms with Crippen molar-refractivity contribution < 1.29 is 9.53 Å². The fourth-order valence-electron chi connectivity index (χ4n) is 1.91. The van der Waals surface area contributed by atoms with Gasteiger partial charge >= 0.3 is 0 Å². The van der Waals surface area contributed by atoms with Crippen molar-refractivity contribution in [3.05, 3.63) is 50.6 Å². The first kappa shape index (κ1) is 15.1. The van der Waals surface area contributed by atoms with Crippen molar-refractivity contribution in [1.29, 1.82) is 0 Å². The van der Waals surface area contributed by atoms with E-state index < -0.39 is 0 Å². The molecular formula is C15H16BrNO2S. The Labute approximate surface area is 131 Å². The predicted octanol–water partition coefficient (Wildman–Crippen LogP) is 4.40. The number of ether oxygens (including phenoxy) is 1. The molecule has 0 saturated heterocycles. The van der Waals surface area contributed by atoms with Crippen LogP contribution in [0.2, 0.25) is 0 Å². The van der Waals surface area contributed by atoms with Crippen LogP contribution < -0.4 is 10.1 Å². The Morgan fingerprint density at radius 2 is 2.25 bits per heavy atom. The lowest BCUT2D eigenvalue weighted by Crippen LogP contribution is -2.27. The van der Waals surface area contributed by atoms with E-state index in [2.05, 4.69) is 28.2 Å². The van der Waals surface area contributed by atoms with Crippen molar-refractivity contribution in [2.24, 2.45) is 0 Å². The lowest BCUT2D eigenvalue weighted by Gasteiger charge is -2.16. The Bertz CT molecular complexity index is 584. The molecule has 1 N–H and O–H groups in total. The second-order valence-electron chi connectivity index (χ2n) is 4.30. The number of benzene rings is 1. The van der Waals surface area contributed by atoms with Crippen LogP contribution in [0.3, 0.4) is 0 Å². The van der Waals surface area contributed by atoms with Gasteiger partial charge in [-0.3, -0.25) is 4.79 Å². The van der Waals surface area contributed by atoms with Crippen LogP contribution in [0.15, 0.2) is 40.2 Å². The van der Waals surface area contributed by atoms with Gasteiger partial charge in [0.05, 0.1) is 17.6 Å². The van der Waals surface area contributed by atoms with Crippen molar-refractivity contribution in [2.45, 2.75) is 19.4 Å². The smallest absolute Gasteiger partial charge is 0.251 e. The van der Waals surface area contributed by atoms with E-state index in [4.69, 9.17) is 4.74 Å². The molecule has 0 radical (unpaired) electrons. The molecule has 0 aliphatic rings. The van der Waals surface area contributed by atoms with E-state index in [1.54, 1.807) is 36.6 Å². The van der Waals surface area contributed by atoms with E-state index in [0.717, 1.165) is 10.9 Å². The number of hydrogen-bond donors (Lipinski definition) is 1. The summed E-state index contributed by atoms with van der Waals surface area (Å²) < 4.78 is 5.94. The fraction of sp³-hybridized carbons (Fsp3) is 0.267. The van der Waals surface area contributed by atoms with Crippen molar-refractivity contribution in [1.82, 2.24) is 5.32 Å². The number of carbonyl (C=O) groups excluding carboxylic acids is 1. The third-order valence-electron chi connectivity index (χ3n) is 3.01. The van der Waals surface area contributed by atoms with E-state index in [9.17, 15) is 4.79 Å². The minimum atomic E-state index is -0.0754. The summed E-state index contributed by atoms with van der Waals surface area (Å²) in [6.45, 7) is 2.06. The van der Waals surface area contributed by atoms with Crippen LogP contribution in [0.5, 0.6) is 5.75 Å². The molecule has 1 unspecified atom stereocenters. The van der Waals surface area contributed by atoms with Gasteiger partial charge in [0.15, 0.2) is 0 Å². The Morgan fingerprint density at radius 3 is 2.80 bits per heavy atom. The highest BCUT2D eigenvalue weighted by Crippen LogP contribution is 2.26. The van der Waals surface area contributed by atoms with Gasteiger partial charge in [0.1, 0.15) is 5.75 Å². The number of rotatable bonds is 5. The molecule has 1 aromatic carbocycles. The van der Waals surface area contributed by atoms with Crippen molar-refractivity contribution in [2.75, 3.05) is 7.11 Å². The van der Waals surface area contributed by atoms with Crippen molar-refractivity contribution in [3.63, 3.8) is 0 Å². The first-order valence-electron chi connectivity index (χ1n) is 6.33. The van der Waals surface area contributed by atoms with Gasteiger partial charge < -0.3 is 10.1 Å². The molecule has 0 saturated carbocycles. The lowest BCUT2D eigenvalue weighted by molar-refractivity contribution is 0.0936. The quantitative estimate of drug-likeness (QED) is 0.864. The molecule has 2 aromatic rings. The number of hydrogen-bond acceptors (Lipinski definition) is 3. The maximum atomic E-state index is 12.3. The minimum Gasteiger partial charge on any atom is -0.496 e. The maximum Gasteiger partial charge on any atom is 0.251 e. The molecule has 1 aromatic heterocycles. The Kier molecular flexibility index (Phi) is 5.20. The van der Waals surface area contributed by atoms with E-state index in [1.807, 2.05) is 17.5 Å². The monoisotopic (exact) mass is 353 g/mol. The highest BCUT2D eigenvalue weighted by Gasteiger charge is 2.15. The number of carbonyl (C=O) groups is 1. The highest BCUT2D eigenvalue weighted by atomic mass is 79.9. The summed E-state index contributed by atoms with van der Waals surface area (Å²) in [4.78, 5) is 13.5. The van der Waals surface area contributed by atoms with Crippen LogP contribution in [-0.4, -0.2) is 13.0 Å². The Balaban J connectivity index is 2.13. The molecule has 3 nitrogen and oxygen atoms in total. The maximum absolute atomic E-state index is 12.3. The zero-order valence-corrected chi connectivity index (χ0v) is 13.8. The standard InChI is InChI=1S/C15H16BrNO2S/c1-3-12(14-5-4-8-20-14)17-15(18)10-6-7-13(19-2)11(16)9-10/h4-9,12H,3H2,1-2H3,(H,17,18). The lowest BCUT2D eigenvalue weighted by atomic mass is 10.1. The summed E-state index contributed by atoms with van der Waals surface area (Å²) in [5.74, 6) is 0.639. The van der Waals surface area contributed by atoms with Gasteiger partial charge in [-0.1, -0.05) is 13.0 Å². The molecule has 20 heavy (non-hydrogen) atoms. The number of nitrogens with one attached hydrogen (secondary N) is 1. The summed E-state index contributed by atoms with van der Waals surface area (Å²) >= 11 is 5.05. The average Bonchev–Trinajstić information content (AvgIpc) is 2.98. The predicted molar refractivity (Wildman–Crippen MR) is 85.5 cm³/mol. The highest BCUT2D eigenvalue weighted by molar-refractivity contribution is 9.10. The van der Waals surface area contributed by atoms with Gasteiger partial charge in [-0.15, -0.1) is 11.3 Å². The fourth-order valence-corrected chi connectivity index (χ4v) is 3.32. The van der Waals surface area contributed by atoms with Crippen LogP contribution in [-0.2, 0) is 0 Å². The zero-order chi connectivity index (χ0) is 14.5. The molecule has 1 amide bonds. The largest absolute Gasteiger partial charge is 0.496 e. The van der Waals surface area contributed by atoms with Crippen molar-refractivity contribution >= 4 is 33.2 Å². The molecular weight excluding hydrogens is 338 g/mol. The molecule has 0 aliphatic carbocycles. The summed E-state index contributed by atoms with van der Waals surface area (Å²) in [5.41, 5.74) is 0.618. The Hall–Kier alpha value is -1.33. The molecule has 0 bridgehead atoms. The molecule has 1 atom stereocenters. The average molecular weight is 354 g/mol. The number of halogens is 1. The summed E-state index contributed by atoms with van der Waals surface area (Å²) in [6.07, 6.45) is 0.865. The number of amides is 1. The second kappa shape index (κ2) is 6.90. The normalized spacial score (nSPS) is 11.9. The summed E-state index contributed by atoms with van der Waals surface area (Å²) in [7, 11) is 1.60. The van der Waals surface area contributed by atoms with Gasteiger partial charge in [-0.2, -0.15) is 0 Å². The molecule has 106 valence electrons. The third-order valence-corrected chi connectivity index (χ3v) is 4.62. The van der Waals surface area contributed by atoms with Crippen LogP contribution in [0.25, 0.3) is 0 Å². The molecule has 1 heterocycles. The van der Waals surface area contributed by atoms with Crippen LogP contribution >= 0.6 is 27.3 Å². The van der Waals surface area contributed by atoms with E-state index in [-0.39, 0.29) is 11.9 Å². The summed E-state index contributed by atoms with van der Waals surface area (Å²) in [5, 5.41) is 5.08. The van der Waals surface area contributed by atoms with Gasteiger partial charge in [0, 0.05) is 10.4 Å². The molecule has 0 spiro atoms. The third kappa shape index (κ3) is 3.41. The van der Waals surface area contributed by atoms with Gasteiger partial charge in [0.2, 0.25) is 0 Å². The van der Waals surface area contributed by atoms with E-state index in [1.165, 1.54) is 4.88 Å². The second-order valence-corrected chi connectivity index (χ2v) is 6.13. The van der Waals surface area contributed by atoms with Gasteiger partial charge in [-0.25, -0.2) is 0 Å². The van der Waals surface area contributed by atoms with Crippen LogP contribution in [0.4, 0.5) is 0 Å². The topological polar surface area (TPSA) is 38.3 Å². The van der Waals surface area contributed by atoms with Crippen molar-refractivity contribution in [3.8, 4) is 5.75 Å². The Morgan fingerprint density at radius 1 is 1.45 bits per heavy atom. The number of methoxy groups -OCH3 is 1. The zero-order valence-electron chi connectivity index (χ0n) is 11.4. The number of thiophene rings is 1. The minimum absolute atomic E-state index is 0.0587.